The van der Waals surface area contributed by atoms with E-state index in [-0.39, 0.29) is 17.3 Å². The number of aromatic nitrogens is 2. The molecule has 0 atom stereocenters. The normalized spacial score (nSPS) is 10.2. The second kappa shape index (κ2) is 6.29. The Morgan fingerprint density at radius 2 is 2.16 bits per heavy atom. The van der Waals surface area contributed by atoms with Gasteiger partial charge in [0.2, 0.25) is 5.91 Å². The van der Waals surface area contributed by atoms with Crippen molar-refractivity contribution in [2.45, 2.75) is 12.1 Å². The molecule has 98 valence electrons. The van der Waals surface area contributed by atoms with Gasteiger partial charge in [-0.2, -0.15) is 0 Å². The van der Waals surface area contributed by atoms with Crippen LogP contribution < -0.4 is 5.32 Å². The van der Waals surface area contributed by atoms with E-state index in [1.807, 2.05) is 6.92 Å². The lowest BCUT2D eigenvalue weighted by molar-refractivity contribution is -0.113. The molecule has 1 aromatic heterocycles. The molecule has 1 amide bonds. The number of hydrogen-bond donors (Lipinski definition) is 1. The van der Waals surface area contributed by atoms with Gasteiger partial charge in [-0.05, 0) is 25.1 Å². The maximum atomic E-state index is 13.3. The van der Waals surface area contributed by atoms with Gasteiger partial charge in [0, 0.05) is 11.9 Å². The number of nitrogens with zero attached hydrogens (tertiary/aromatic N) is 2. The molecule has 0 aliphatic rings. The Morgan fingerprint density at radius 3 is 2.89 bits per heavy atom. The molecule has 0 unspecified atom stereocenters. The SMILES string of the molecule is Cc1ccnc(SCC(=O)Nc2ccccc2F)n1. The van der Waals surface area contributed by atoms with Gasteiger partial charge in [-0.3, -0.25) is 4.79 Å². The molecule has 0 bridgehead atoms. The molecule has 2 rings (SSSR count). The molecule has 0 aliphatic carbocycles. The summed E-state index contributed by atoms with van der Waals surface area (Å²) in [7, 11) is 0. The summed E-state index contributed by atoms with van der Waals surface area (Å²) in [6.07, 6.45) is 1.64. The quantitative estimate of drug-likeness (QED) is 0.689. The van der Waals surface area contributed by atoms with Crippen LogP contribution >= 0.6 is 11.8 Å². The lowest BCUT2D eigenvalue weighted by atomic mass is 10.3. The van der Waals surface area contributed by atoms with Crippen molar-refractivity contribution in [1.82, 2.24) is 9.97 Å². The molecule has 0 saturated heterocycles. The maximum Gasteiger partial charge on any atom is 0.234 e. The van der Waals surface area contributed by atoms with Gasteiger partial charge in [-0.25, -0.2) is 14.4 Å². The van der Waals surface area contributed by atoms with Crippen molar-refractivity contribution in [1.29, 1.82) is 0 Å². The lowest BCUT2D eigenvalue weighted by Crippen LogP contribution is -2.15. The van der Waals surface area contributed by atoms with Crippen molar-refractivity contribution >= 4 is 23.4 Å². The fraction of sp³-hybridized carbons (Fsp3) is 0.154. The number of anilines is 1. The van der Waals surface area contributed by atoms with E-state index in [9.17, 15) is 9.18 Å². The van der Waals surface area contributed by atoms with Crippen LogP contribution in [0, 0.1) is 12.7 Å². The first-order chi connectivity index (χ1) is 9.15. The van der Waals surface area contributed by atoms with Gasteiger partial charge in [0.25, 0.3) is 0 Å². The molecule has 19 heavy (non-hydrogen) atoms. The van der Waals surface area contributed by atoms with Crippen molar-refractivity contribution in [3.05, 3.63) is 48.0 Å². The minimum Gasteiger partial charge on any atom is -0.323 e. The Bertz CT molecular complexity index is 592. The predicted octanol–water partition coefficient (Wildman–Crippen LogP) is 2.65. The van der Waals surface area contributed by atoms with Gasteiger partial charge in [0.15, 0.2) is 5.16 Å². The molecule has 1 heterocycles. The van der Waals surface area contributed by atoms with Gasteiger partial charge in [0.1, 0.15) is 5.82 Å². The first kappa shape index (κ1) is 13.5. The summed E-state index contributed by atoms with van der Waals surface area (Å²) in [6, 6.07) is 7.83. The standard InChI is InChI=1S/C13H12FN3OS/c1-9-6-7-15-13(16-9)19-8-12(18)17-11-5-3-2-4-10(11)14/h2-7H,8H2,1H3,(H,17,18). The second-order valence-electron chi connectivity index (χ2n) is 3.80. The molecule has 4 nitrogen and oxygen atoms in total. The first-order valence-corrected chi connectivity index (χ1v) is 6.60. The Balaban J connectivity index is 1.90. The van der Waals surface area contributed by atoms with E-state index >= 15 is 0 Å². The molecular formula is C13H12FN3OS. The zero-order valence-electron chi connectivity index (χ0n) is 10.3. The van der Waals surface area contributed by atoms with Crippen LogP contribution in [-0.2, 0) is 4.79 Å². The van der Waals surface area contributed by atoms with E-state index in [0.717, 1.165) is 5.69 Å². The van der Waals surface area contributed by atoms with E-state index in [0.29, 0.717) is 5.16 Å². The van der Waals surface area contributed by atoms with Gasteiger partial charge in [0.05, 0.1) is 11.4 Å². The van der Waals surface area contributed by atoms with E-state index < -0.39 is 5.82 Å². The highest BCUT2D eigenvalue weighted by atomic mass is 32.2. The van der Waals surface area contributed by atoms with Gasteiger partial charge in [-0.1, -0.05) is 23.9 Å². The molecule has 1 N–H and O–H groups in total. The molecule has 1 aromatic carbocycles. The highest BCUT2D eigenvalue weighted by molar-refractivity contribution is 7.99. The van der Waals surface area contributed by atoms with Crippen LogP contribution in [0.1, 0.15) is 5.69 Å². The minimum atomic E-state index is -0.451. The summed E-state index contributed by atoms with van der Waals surface area (Å²) in [4.78, 5) is 19.9. The van der Waals surface area contributed by atoms with Crippen molar-refractivity contribution in [2.24, 2.45) is 0 Å². The van der Waals surface area contributed by atoms with Crippen LogP contribution in [0.4, 0.5) is 10.1 Å². The van der Waals surface area contributed by atoms with Crippen molar-refractivity contribution in [2.75, 3.05) is 11.1 Å². The number of carbonyl (C=O) groups excluding carboxylic acids is 1. The molecule has 6 heteroatoms. The summed E-state index contributed by atoms with van der Waals surface area (Å²) < 4.78 is 13.3. The average Bonchev–Trinajstić information content (AvgIpc) is 2.39. The van der Waals surface area contributed by atoms with Crippen molar-refractivity contribution < 1.29 is 9.18 Å². The number of rotatable bonds is 4. The Kier molecular flexibility index (Phi) is 4.46. The first-order valence-electron chi connectivity index (χ1n) is 5.62. The van der Waals surface area contributed by atoms with E-state index in [1.54, 1.807) is 24.4 Å². The Labute approximate surface area is 114 Å². The molecule has 0 aliphatic heterocycles. The molecule has 0 radical (unpaired) electrons. The van der Waals surface area contributed by atoms with Crippen LogP contribution in [0.5, 0.6) is 0 Å². The predicted molar refractivity (Wildman–Crippen MR) is 72.5 cm³/mol. The zero-order chi connectivity index (χ0) is 13.7. The second-order valence-corrected chi connectivity index (χ2v) is 4.74. The summed E-state index contributed by atoms with van der Waals surface area (Å²) in [5.74, 6) is -0.606. The highest BCUT2D eigenvalue weighted by Crippen LogP contribution is 2.15. The number of benzene rings is 1. The third-order valence-electron chi connectivity index (χ3n) is 2.25. The summed E-state index contributed by atoms with van der Waals surface area (Å²) in [6.45, 7) is 1.85. The smallest absolute Gasteiger partial charge is 0.234 e. The minimum absolute atomic E-state index is 0.137. The number of thioether (sulfide) groups is 1. The van der Waals surface area contributed by atoms with Gasteiger partial charge in [-0.15, -0.1) is 0 Å². The fourth-order valence-corrected chi connectivity index (χ4v) is 2.05. The molecule has 0 fully saturated rings. The van der Waals surface area contributed by atoms with Gasteiger partial charge < -0.3 is 5.32 Å². The molecule has 2 aromatic rings. The number of amides is 1. The number of carbonyl (C=O) groups is 1. The van der Waals surface area contributed by atoms with Gasteiger partial charge >= 0.3 is 0 Å². The van der Waals surface area contributed by atoms with Crippen molar-refractivity contribution in [3.8, 4) is 0 Å². The topological polar surface area (TPSA) is 54.9 Å². The number of halogens is 1. The van der Waals surface area contributed by atoms with E-state index in [4.69, 9.17) is 0 Å². The number of hydrogen-bond acceptors (Lipinski definition) is 4. The third-order valence-corrected chi connectivity index (χ3v) is 3.11. The Hall–Kier alpha value is -1.95. The fourth-order valence-electron chi connectivity index (χ4n) is 1.37. The zero-order valence-corrected chi connectivity index (χ0v) is 11.1. The lowest BCUT2D eigenvalue weighted by Gasteiger charge is -2.05. The molecule has 0 saturated carbocycles. The van der Waals surface area contributed by atoms with Crippen LogP contribution in [0.3, 0.4) is 0 Å². The van der Waals surface area contributed by atoms with Crippen LogP contribution in [0.2, 0.25) is 0 Å². The Morgan fingerprint density at radius 1 is 1.37 bits per heavy atom. The molecule has 0 spiro atoms. The number of nitrogens with one attached hydrogen (secondary N) is 1. The summed E-state index contributed by atoms with van der Waals surface area (Å²) >= 11 is 1.21. The monoisotopic (exact) mass is 277 g/mol. The van der Waals surface area contributed by atoms with Crippen molar-refractivity contribution in [3.63, 3.8) is 0 Å². The third kappa shape index (κ3) is 4.03. The largest absolute Gasteiger partial charge is 0.323 e. The highest BCUT2D eigenvalue weighted by Gasteiger charge is 2.08. The maximum absolute atomic E-state index is 13.3. The summed E-state index contributed by atoms with van der Waals surface area (Å²) in [5.41, 5.74) is 1.02. The molecular weight excluding hydrogens is 265 g/mol. The number of para-hydroxylation sites is 1. The average molecular weight is 277 g/mol. The van der Waals surface area contributed by atoms with Crippen LogP contribution in [0.15, 0.2) is 41.7 Å². The summed E-state index contributed by atoms with van der Waals surface area (Å²) in [5, 5.41) is 3.04. The van der Waals surface area contributed by atoms with E-state index in [2.05, 4.69) is 15.3 Å². The van der Waals surface area contributed by atoms with E-state index in [1.165, 1.54) is 23.9 Å². The van der Waals surface area contributed by atoms with Crippen LogP contribution in [-0.4, -0.2) is 21.6 Å². The van der Waals surface area contributed by atoms with Crippen LogP contribution in [0.25, 0.3) is 0 Å². The number of aryl methyl sites for hydroxylation is 1.